The largest absolute Gasteiger partial charge is 0.478 e. The van der Waals surface area contributed by atoms with Crippen molar-refractivity contribution in [2.75, 3.05) is 0 Å². The molecule has 4 heteroatoms. The third-order valence-electron chi connectivity index (χ3n) is 4.13. The zero-order chi connectivity index (χ0) is 13.1. The lowest BCUT2D eigenvalue weighted by molar-refractivity contribution is 0.0694. The quantitative estimate of drug-likeness (QED) is 0.863. The lowest BCUT2D eigenvalue weighted by Crippen LogP contribution is -2.35. The van der Waals surface area contributed by atoms with Gasteiger partial charge in [-0.3, -0.25) is 0 Å². The van der Waals surface area contributed by atoms with Gasteiger partial charge in [-0.2, -0.15) is 0 Å². The number of hydrogen-bond acceptors (Lipinski definition) is 3. The van der Waals surface area contributed by atoms with Crippen molar-refractivity contribution in [2.24, 2.45) is 11.8 Å². The van der Waals surface area contributed by atoms with Gasteiger partial charge in [0, 0.05) is 6.04 Å². The first-order valence-electron chi connectivity index (χ1n) is 6.61. The Kier molecular flexibility index (Phi) is 4.07. The third-order valence-corrected chi connectivity index (χ3v) is 4.13. The van der Waals surface area contributed by atoms with E-state index < -0.39 is 5.97 Å². The lowest BCUT2D eigenvalue weighted by atomic mass is 9.79. The Balaban J connectivity index is 1.88. The van der Waals surface area contributed by atoms with Crippen LogP contribution in [0, 0.1) is 11.8 Å². The number of furan rings is 1. The predicted octanol–water partition coefficient (Wildman–Crippen LogP) is 2.89. The molecule has 100 valence electrons. The van der Waals surface area contributed by atoms with E-state index in [1.807, 2.05) is 0 Å². The molecule has 1 heterocycles. The molecule has 0 bridgehead atoms. The second kappa shape index (κ2) is 5.57. The molecule has 1 aliphatic carbocycles. The molecule has 0 aliphatic heterocycles. The molecule has 0 spiro atoms. The van der Waals surface area contributed by atoms with E-state index in [1.54, 1.807) is 0 Å². The average molecular weight is 251 g/mol. The van der Waals surface area contributed by atoms with Crippen LogP contribution in [-0.4, -0.2) is 17.1 Å². The van der Waals surface area contributed by atoms with Gasteiger partial charge in [0.15, 0.2) is 0 Å². The Labute approximate surface area is 107 Å². The summed E-state index contributed by atoms with van der Waals surface area (Å²) < 4.78 is 5.22. The van der Waals surface area contributed by atoms with Crippen molar-refractivity contribution in [3.63, 3.8) is 0 Å². The number of hydrogen-bond donors (Lipinski definition) is 2. The van der Waals surface area contributed by atoms with E-state index in [0.29, 0.717) is 18.3 Å². The molecule has 1 fully saturated rings. The molecule has 0 amide bonds. The molecule has 0 aromatic carbocycles. The van der Waals surface area contributed by atoms with Crippen molar-refractivity contribution in [3.8, 4) is 0 Å². The van der Waals surface area contributed by atoms with Crippen LogP contribution in [-0.2, 0) is 6.54 Å². The van der Waals surface area contributed by atoms with Crippen LogP contribution < -0.4 is 5.32 Å². The monoisotopic (exact) mass is 251 g/mol. The maximum atomic E-state index is 10.9. The van der Waals surface area contributed by atoms with Crippen LogP contribution in [0.15, 0.2) is 16.7 Å². The normalized spacial score (nSPS) is 28.2. The van der Waals surface area contributed by atoms with E-state index >= 15 is 0 Å². The van der Waals surface area contributed by atoms with Crippen LogP contribution in [0.3, 0.4) is 0 Å². The minimum absolute atomic E-state index is 0.264. The molecule has 2 N–H and O–H groups in total. The van der Waals surface area contributed by atoms with Gasteiger partial charge < -0.3 is 14.8 Å². The standard InChI is InChI=1S/C14H21NO3/c1-9-3-4-11(7-10(9)2)15-8-13-12(14(16)17)5-6-18-13/h5-6,9-11,15H,3-4,7-8H2,1-2H3,(H,16,17). The number of carbonyl (C=O) groups is 1. The Bertz CT molecular complexity index is 413. The van der Waals surface area contributed by atoms with Gasteiger partial charge in [-0.1, -0.05) is 13.8 Å². The molecule has 1 aromatic heterocycles. The number of carboxylic acids is 1. The second-order valence-corrected chi connectivity index (χ2v) is 5.41. The molecule has 2 rings (SSSR count). The first-order valence-corrected chi connectivity index (χ1v) is 6.61. The maximum Gasteiger partial charge on any atom is 0.339 e. The number of nitrogens with one attached hydrogen (secondary N) is 1. The maximum absolute atomic E-state index is 10.9. The van der Waals surface area contributed by atoms with Gasteiger partial charge in [-0.05, 0) is 37.2 Å². The third kappa shape index (κ3) is 2.93. The van der Waals surface area contributed by atoms with Crippen molar-refractivity contribution < 1.29 is 14.3 Å². The Hall–Kier alpha value is -1.29. The lowest BCUT2D eigenvalue weighted by Gasteiger charge is -2.32. The molecule has 0 radical (unpaired) electrons. The SMILES string of the molecule is CC1CCC(NCc2occc2C(=O)O)CC1C. The molecular weight excluding hydrogens is 230 g/mol. The fraction of sp³-hybridized carbons (Fsp3) is 0.643. The molecule has 18 heavy (non-hydrogen) atoms. The van der Waals surface area contributed by atoms with E-state index in [1.165, 1.54) is 18.8 Å². The molecule has 1 saturated carbocycles. The second-order valence-electron chi connectivity index (χ2n) is 5.41. The smallest absolute Gasteiger partial charge is 0.339 e. The first-order chi connectivity index (χ1) is 8.58. The molecule has 1 aliphatic rings. The van der Waals surface area contributed by atoms with Crippen molar-refractivity contribution in [2.45, 2.75) is 45.7 Å². The van der Waals surface area contributed by atoms with Crippen LogP contribution in [0.5, 0.6) is 0 Å². The summed E-state index contributed by atoms with van der Waals surface area (Å²) in [6, 6.07) is 1.98. The van der Waals surface area contributed by atoms with Gasteiger partial charge in [0.2, 0.25) is 0 Å². The number of aromatic carboxylic acids is 1. The van der Waals surface area contributed by atoms with Crippen molar-refractivity contribution >= 4 is 5.97 Å². The highest BCUT2D eigenvalue weighted by atomic mass is 16.4. The van der Waals surface area contributed by atoms with Crippen LogP contribution in [0.2, 0.25) is 0 Å². The Morgan fingerprint density at radius 3 is 2.89 bits per heavy atom. The summed E-state index contributed by atoms with van der Waals surface area (Å²) in [5.41, 5.74) is 0.264. The summed E-state index contributed by atoms with van der Waals surface area (Å²) >= 11 is 0. The molecule has 3 unspecified atom stereocenters. The number of rotatable bonds is 4. The summed E-state index contributed by atoms with van der Waals surface area (Å²) in [5, 5.41) is 12.4. The predicted molar refractivity (Wildman–Crippen MR) is 68.5 cm³/mol. The van der Waals surface area contributed by atoms with E-state index in [-0.39, 0.29) is 5.56 Å². The van der Waals surface area contributed by atoms with E-state index in [2.05, 4.69) is 19.2 Å². The van der Waals surface area contributed by atoms with Crippen LogP contribution in [0.25, 0.3) is 0 Å². The molecule has 0 saturated heterocycles. The zero-order valence-corrected chi connectivity index (χ0v) is 11.0. The topological polar surface area (TPSA) is 62.5 Å². The highest BCUT2D eigenvalue weighted by molar-refractivity contribution is 5.88. The summed E-state index contributed by atoms with van der Waals surface area (Å²) in [6.45, 7) is 5.09. The van der Waals surface area contributed by atoms with Gasteiger partial charge in [0.1, 0.15) is 11.3 Å². The minimum Gasteiger partial charge on any atom is -0.478 e. The highest BCUT2D eigenvalue weighted by Crippen LogP contribution is 2.29. The minimum atomic E-state index is -0.925. The molecular formula is C14H21NO3. The van der Waals surface area contributed by atoms with E-state index in [9.17, 15) is 4.79 Å². The average Bonchev–Trinajstić information content (AvgIpc) is 2.79. The van der Waals surface area contributed by atoms with Crippen molar-refractivity contribution in [1.29, 1.82) is 0 Å². The van der Waals surface area contributed by atoms with Gasteiger partial charge in [0.25, 0.3) is 0 Å². The number of carboxylic acid groups (broad SMARTS) is 1. The van der Waals surface area contributed by atoms with Gasteiger partial charge in [-0.15, -0.1) is 0 Å². The first kappa shape index (κ1) is 13.1. The van der Waals surface area contributed by atoms with Crippen molar-refractivity contribution in [3.05, 3.63) is 23.7 Å². The van der Waals surface area contributed by atoms with Gasteiger partial charge in [-0.25, -0.2) is 4.79 Å². The molecule has 4 nitrogen and oxygen atoms in total. The molecule has 1 aromatic rings. The molecule has 3 atom stereocenters. The van der Waals surface area contributed by atoms with Gasteiger partial charge in [0.05, 0.1) is 12.8 Å². The zero-order valence-electron chi connectivity index (χ0n) is 11.0. The van der Waals surface area contributed by atoms with Gasteiger partial charge >= 0.3 is 5.97 Å². The van der Waals surface area contributed by atoms with Crippen LogP contribution in [0.1, 0.15) is 49.2 Å². The summed E-state index contributed by atoms with van der Waals surface area (Å²) in [5.74, 6) is 1.12. The summed E-state index contributed by atoms with van der Waals surface area (Å²) in [6.07, 6.45) is 4.99. The van der Waals surface area contributed by atoms with Crippen molar-refractivity contribution in [1.82, 2.24) is 5.32 Å². The summed E-state index contributed by atoms with van der Waals surface area (Å²) in [7, 11) is 0. The van der Waals surface area contributed by atoms with E-state index in [4.69, 9.17) is 9.52 Å². The highest BCUT2D eigenvalue weighted by Gasteiger charge is 2.24. The summed E-state index contributed by atoms with van der Waals surface area (Å²) in [4.78, 5) is 10.9. The fourth-order valence-corrected chi connectivity index (χ4v) is 2.64. The Morgan fingerprint density at radius 1 is 1.44 bits per heavy atom. The van der Waals surface area contributed by atoms with Crippen LogP contribution >= 0.6 is 0 Å². The van der Waals surface area contributed by atoms with Crippen LogP contribution in [0.4, 0.5) is 0 Å². The Morgan fingerprint density at radius 2 is 2.22 bits per heavy atom. The van der Waals surface area contributed by atoms with E-state index in [0.717, 1.165) is 24.7 Å². The fourth-order valence-electron chi connectivity index (χ4n) is 2.64.